The van der Waals surface area contributed by atoms with Gasteiger partial charge >= 0.3 is 0 Å². The summed E-state index contributed by atoms with van der Waals surface area (Å²) in [6, 6.07) is 8.47. The van der Waals surface area contributed by atoms with Crippen LogP contribution in [0, 0.1) is 0 Å². The summed E-state index contributed by atoms with van der Waals surface area (Å²) in [5, 5.41) is 8.71. The normalized spacial score (nSPS) is 16.5. The van der Waals surface area contributed by atoms with E-state index in [-0.39, 0.29) is 6.61 Å². The van der Waals surface area contributed by atoms with Gasteiger partial charge in [0.25, 0.3) is 0 Å². The van der Waals surface area contributed by atoms with Crippen molar-refractivity contribution in [3.8, 4) is 0 Å². The molecule has 1 aromatic carbocycles. The van der Waals surface area contributed by atoms with Gasteiger partial charge in [0.2, 0.25) is 0 Å². The fraction of sp³-hybridized carbons (Fsp3) is 0.385. The molecule has 2 heteroatoms. The van der Waals surface area contributed by atoms with Crippen LogP contribution in [0.4, 0.5) is 5.69 Å². The zero-order chi connectivity index (χ0) is 10.5. The monoisotopic (exact) mass is 203 g/mol. The Kier molecular flexibility index (Phi) is 3.41. The van der Waals surface area contributed by atoms with E-state index >= 15 is 0 Å². The predicted molar refractivity (Wildman–Crippen MR) is 64.0 cm³/mol. The van der Waals surface area contributed by atoms with Crippen molar-refractivity contribution in [3.05, 3.63) is 35.9 Å². The number of hydrogen-bond donors (Lipinski definition) is 1. The minimum atomic E-state index is 0.105. The molecule has 0 unspecified atom stereocenters. The van der Waals surface area contributed by atoms with Crippen LogP contribution in [0.25, 0.3) is 6.08 Å². The lowest BCUT2D eigenvalue weighted by Crippen LogP contribution is -2.17. The molecule has 0 radical (unpaired) electrons. The maximum absolute atomic E-state index is 8.71. The molecule has 0 aliphatic carbocycles. The van der Waals surface area contributed by atoms with Crippen LogP contribution in [0.2, 0.25) is 0 Å². The first kappa shape index (κ1) is 10.2. The number of benzene rings is 1. The largest absolute Gasteiger partial charge is 0.392 e. The highest BCUT2D eigenvalue weighted by molar-refractivity contribution is 5.58. The van der Waals surface area contributed by atoms with E-state index in [0.29, 0.717) is 0 Å². The van der Waals surface area contributed by atoms with Gasteiger partial charge in [-0.2, -0.15) is 0 Å². The van der Waals surface area contributed by atoms with Crippen molar-refractivity contribution in [2.24, 2.45) is 0 Å². The van der Waals surface area contributed by atoms with Crippen molar-refractivity contribution in [2.75, 3.05) is 24.6 Å². The summed E-state index contributed by atoms with van der Waals surface area (Å²) in [5.74, 6) is 0. The Labute approximate surface area is 90.8 Å². The fourth-order valence-electron chi connectivity index (χ4n) is 1.99. The molecule has 80 valence electrons. The zero-order valence-electron chi connectivity index (χ0n) is 8.89. The first-order chi connectivity index (χ1) is 7.40. The van der Waals surface area contributed by atoms with Crippen LogP contribution >= 0.6 is 0 Å². The molecule has 0 atom stereocenters. The summed E-state index contributed by atoms with van der Waals surface area (Å²) in [4.78, 5) is 2.41. The van der Waals surface area contributed by atoms with Gasteiger partial charge in [0.1, 0.15) is 0 Å². The Bertz CT molecular complexity index is 340. The molecule has 1 N–H and O–H groups in total. The average Bonchev–Trinajstić information content (AvgIpc) is 2.80. The zero-order valence-corrected chi connectivity index (χ0v) is 8.89. The number of rotatable bonds is 3. The molecule has 0 bridgehead atoms. The van der Waals surface area contributed by atoms with Crippen LogP contribution < -0.4 is 4.90 Å². The topological polar surface area (TPSA) is 23.5 Å². The first-order valence-electron chi connectivity index (χ1n) is 5.52. The Morgan fingerprint density at radius 2 is 2.07 bits per heavy atom. The van der Waals surface area contributed by atoms with Crippen molar-refractivity contribution in [1.82, 2.24) is 0 Å². The summed E-state index contributed by atoms with van der Waals surface area (Å²) < 4.78 is 0. The molecule has 0 amide bonds. The molecule has 0 spiro atoms. The van der Waals surface area contributed by atoms with Crippen molar-refractivity contribution < 1.29 is 5.11 Å². The van der Waals surface area contributed by atoms with E-state index < -0.39 is 0 Å². The molecule has 0 saturated carbocycles. The molecule has 0 aromatic heterocycles. The second kappa shape index (κ2) is 4.99. The molecule has 1 aliphatic rings. The molecule has 1 heterocycles. The summed E-state index contributed by atoms with van der Waals surface area (Å²) in [6.07, 6.45) is 6.33. The van der Waals surface area contributed by atoms with Crippen molar-refractivity contribution in [3.63, 3.8) is 0 Å². The van der Waals surface area contributed by atoms with Gasteiger partial charge < -0.3 is 10.0 Å². The maximum Gasteiger partial charge on any atom is 0.0615 e. The Balaban J connectivity index is 2.14. The fourth-order valence-corrected chi connectivity index (χ4v) is 1.99. The number of hydrogen-bond acceptors (Lipinski definition) is 2. The van der Waals surface area contributed by atoms with E-state index in [1.165, 1.54) is 31.6 Å². The lowest BCUT2D eigenvalue weighted by Gasteiger charge is -2.17. The minimum Gasteiger partial charge on any atom is -0.392 e. The van der Waals surface area contributed by atoms with E-state index in [1.807, 2.05) is 6.08 Å². The lowest BCUT2D eigenvalue weighted by molar-refractivity contribution is 0.343. The maximum atomic E-state index is 8.71. The van der Waals surface area contributed by atoms with Crippen LogP contribution in [0.15, 0.2) is 30.3 Å². The van der Waals surface area contributed by atoms with Gasteiger partial charge in [-0.05, 0) is 30.5 Å². The molecule has 15 heavy (non-hydrogen) atoms. The molecular formula is C13H17NO. The summed E-state index contributed by atoms with van der Waals surface area (Å²) in [6.45, 7) is 2.45. The highest BCUT2D eigenvalue weighted by Gasteiger charge is 2.11. The van der Waals surface area contributed by atoms with Crippen molar-refractivity contribution in [2.45, 2.75) is 12.8 Å². The highest BCUT2D eigenvalue weighted by Crippen LogP contribution is 2.21. The molecule has 1 fully saturated rings. The number of anilines is 1. The van der Waals surface area contributed by atoms with Gasteiger partial charge in [0.15, 0.2) is 0 Å². The smallest absolute Gasteiger partial charge is 0.0615 e. The summed E-state index contributed by atoms with van der Waals surface area (Å²) >= 11 is 0. The molecule has 1 aromatic rings. The molecule has 2 rings (SSSR count). The SMILES string of the molecule is OCC=Cc1cccc(N2CCCC2)c1. The van der Waals surface area contributed by atoms with Crippen LogP contribution in [0.3, 0.4) is 0 Å². The average molecular weight is 203 g/mol. The van der Waals surface area contributed by atoms with Crippen LogP contribution in [-0.4, -0.2) is 24.8 Å². The third kappa shape index (κ3) is 2.60. The number of aliphatic hydroxyl groups excluding tert-OH is 1. The number of nitrogens with zero attached hydrogens (tertiary/aromatic N) is 1. The van der Waals surface area contributed by atoms with Gasteiger partial charge in [-0.3, -0.25) is 0 Å². The van der Waals surface area contributed by atoms with Crippen molar-refractivity contribution >= 4 is 11.8 Å². The van der Waals surface area contributed by atoms with E-state index in [0.717, 1.165) is 5.56 Å². The third-order valence-electron chi connectivity index (χ3n) is 2.76. The van der Waals surface area contributed by atoms with Gasteiger partial charge in [0.05, 0.1) is 6.61 Å². The minimum absolute atomic E-state index is 0.105. The molecule has 1 aliphatic heterocycles. The van der Waals surface area contributed by atoms with E-state index in [9.17, 15) is 0 Å². The highest BCUT2D eigenvalue weighted by atomic mass is 16.2. The van der Waals surface area contributed by atoms with Crippen molar-refractivity contribution in [1.29, 1.82) is 0 Å². The Hall–Kier alpha value is -1.28. The second-order valence-electron chi connectivity index (χ2n) is 3.87. The Morgan fingerprint density at radius 3 is 2.80 bits per heavy atom. The lowest BCUT2D eigenvalue weighted by atomic mass is 10.2. The van der Waals surface area contributed by atoms with Gasteiger partial charge in [0, 0.05) is 18.8 Å². The van der Waals surface area contributed by atoms with Gasteiger partial charge in [-0.25, -0.2) is 0 Å². The van der Waals surface area contributed by atoms with E-state index in [1.54, 1.807) is 6.08 Å². The van der Waals surface area contributed by atoms with Gasteiger partial charge in [-0.15, -0.1) is 0 Å². The Morgan fingerprint density at radius 1 is 1.27 bits per heavy atom. The number of aliphatic hydroxyl groups is 1. The first-order valence-corrected chi connectivity index (χ1v) is 5.52. The molecule has 1 saturated heterocycles. The molecule has 2 nitrogen and oxygen atoms in total. The van der Waals surface area contributed by atoms with Crippen LogP contribution in [0.5, 0.6) is 0 Å². The second-order valence-corrected chi connectivity index (χ2v) is 3.87. The van der Waals surface area contributed by atoms with E-state index in [2.05, 4.69) is 29.2 Å². The quantitative estimate of drug-likeness (QED) is 0.814. The standard InChI is InChI=1S/C13H17NO/c15-10-4-6-12-5-3-7-13(11-12)14-8-1-2-9-14/h3-7,11,15H,1-2,8-10H2. The van der Waals surface area contributed by atoms with Gasteiger partial charge in [-0.1, -0.05) is 24.3 Å². The summed E-state index contributed by atoms with van der Waals surface area (Å²) in [7, 11) is 0. The molecular weight excluding hydrogens is 186 g/mol. The van der Waals surface area contributed by atoms with Crippen LogP contribution in [0.1, 0.15) is 18.4 Å². The predicted octanol–water partition coefficient (Wildman–Crippen LogP) is 2.29. The van der Waals surface area contributed by atoms with E-state index in [4.69, 9.17) is 5.11 Å². The third-order valence-corrected chi connectivity index (χ3v) is 2.76. The van der Waals surface area contributed by atoms with Crippen LogP contribution in [-0.2, 0) is 0 Å². The summed E-state index contributed by atoms with van der Waals surface area (Å²) in [5.41, 5.74) is 2.46.